The molecule has 1 aromatic carbocycles. The van der Waals surface area contributed by atoms with Crippen molar-refractivity contribution in [2.75, 3.05) is 11.6 Å². The van der Waals surface area contributed by atoms with Gasteiger partial charge < -0.3 is 10.2 Å². The van der Waals surface area contributed by atoms with E-state index in [9.17, 15) is 4.79 Å². The minimum Gasteiger partial charge on any atom is -0.338 e. The first kappa shape index (κ1) is 16.2. The summed E-state index contributed by atoms with van der Waals surface area (Å²) in [4.78, 5) is 15.0. The van der Waals surface area contributed by atoms with Gasteiger partial charge in [-0.15, -0.1) is 0 Å². The largest absolute Gasteiger partial charge is 0.338 e. The summed E-state index contributed by atoms with van der Waals surface area (Å²) in [5.74, 6) is 0.0949. The van der Waals surface area contributed by atoms with Gasteiger partial charge in [-0.1, -0.05) is 53.1 Å². The van der Waals surface area contributed by atoms with Crippen LogP contribution in [0.15, 0.2) is 24.3 Å². The highest BCUT2D eigenvalue weighted by molar-refractivity contribution is 6.30. The smallest absolute Gasteiger partial charge is 0.248 e. The van der Waals surface area contributed by atoms with Crippen molar-refractivity contribution in [1.29, 1.82) is 0 Å². The average Bonchev–Trinajstić information content (AvgIpc) is 2.67. The summed E-state index contributed by atoms with van der Waals surface area (Å²) in [6.07, 6.45) is 0. The fraction of sp³-hybridized carbons (Fsp3) is 0.588. The minimum absolute atomic E-state index is 0.0949. The van der Waals surface area contributed by atoms with Crippen molar-refractivity contribution in [3.05, 3.63) is 29.3 Å². The molecule has 0 aliphatic carbocycles. The molecule has 1 aliphatic rings. The monoisotopic (exact) mass is 308 g/mol. The molecule has 1 aromatic rings. The average molecular weight is 309 g/mol. The van der Waals surface area contributed by atoms with Gasteiger partial charge in [-0.05, 0) is 35.1 Å². The first-order valence-electron chi connectivity index (χ1n) is 7.33. The number of halogens is 1. The number of nitrogens with zero attached hydrogens (tertiary/aromatic N) is 1. The Morgan fingerprint density at radius 1 is 1.05 bits per heavy atom. The third kappa shape index (κ3) is 2.32. The van der Waals surface area contributed by atoms with E-state index in [0.29, 0.717) is 11.7 Å². The van der Waals surface area contributed by atoms with Crippen LogP contribution in [-0.4, -0.2) is 18.1 Å². The molecule has 1 aliphatic heterocycles. The highest BCUT2D eigenvalue weighted by atomic mass is 35.5. The zero-order chi connectivity index (χ0) is 16.1. The Morgan fingerprint density at radius 3 is 1.95 bits per heavy atom. The quantitative estimate of drug-likeness (QED) is 0.848. The lowest BCUT2D eigenvalue weighted by molar-refractivity contribution is -0.132. The molecule has 1 N–H and O–H groups in total. The van der Waals surface area contributed by atoms with Gasteiger partial charge in [0, 0.05) is 10.7 Å². The lowest BCUT2D eigenvalue weighted by Gasteiger charge is -2.54. The van der Waals surface area contributed by atoms with Crippen LogP contribution in [0, 0.1) is 10.8 Å². The van der Waals surface area contributed by atoms with E-state index in [1.807, 2.05) is 24.3 Å². The molecule has 0 saturated carbocycles. The molecule has 1 saturated heterocycles. The zero-order valence-electron chi connectivity index (χ0n) is 13.7. The predicted octanol–water partition coefficient (Wildman–Crippen LogP) is 4.06. The number of anilines is 1. The van der Waals surface area contributed by atoms with E-state index in [1.165, 1.54) is 0 Å². The molecule has 21 heavy (non-hydrogen) atoms. The SMILES string of the molecule is CC(C)(C)C1(C(C)(C)C)C(=O)NCN1c1ccc(Cl)cc1. The van der Waals surface area contributed by atoms with Crippen molar-refractivity contribution >= 4 is 23.2 Å². The topological polar surface area (TPSA) is 32.3 Å². The number of rotatable bonds is 1. The normalized spacial score (nSPS) is 18.8. The van der Waals surface area contributed by atoms with E-state index in [4.69, 9.17) is 11.6 Å². The van der Waals surface area contributed by atoms with Crippen molar-refractivity contribution in [3.8, 4) is 0 Å². The van der Waals surface area contributed by atoms with Gasteiger partial charge in [-0.3, -0.25) is 4.79 Å². The Balaban J connectivity index is 2.64. The standard InChI is InChI=1S/C17H25ClN2O/c1-15(2,3)17(16(4,5)6)14(21)19-11-20(17)13-9-7-12(18)8-10-13/h7-10H,11H2,1-6H3,(H,19,21). The second-order valence-corrected chi connectivity index (χ2v) is 8.22. The Kier molecular flexibility index (Phi) is 3.78. The van der Waals surface area contributed by atoms with E-state index in [-0.39, 0.29) is 16.7 Å². The van der Waals surface area contributed by atoms with Crippen LogP contribution in [0.25, 0.3) is 0 Å². The van der Waals surface area contributed by atoms with E-state index in [2.05, 4.69) is 51.8 Å². The number of carbonyl (C=O) groups excluding carboxylic acids is 1. The first-order valence-corrected chi connectivity index (χ1v) is 7.71. The fourth-order valence-electron chi connectivity index (χ4n) is 4.04. The summed E-state index contributed by atoms with van der Waals surface area (Å²) in [6, 6.07) is 7.70. The lowest BCUT2D eigenvalue weighted by atomic mass is 9.59. The minimum atomic E-state index is -0.617. The van der Waals surface area contributed by atoms with E-state index in [0.717, 1.165) is 5.69 Å². The number of hydrogen-bond acceptors (Lipinski definition) is 2. The van der Waals surface area contributed by atoms with Crippen LogP contribution in [-0.2, 0) is 4.79 Å². The number of benzene rings is 1. The Labute approximate surface area is 132 Å². The van der Waals surface area contributed by atoms with Crippen LogP contribution < -0.4 is 10.2 Å². The molecule has 4 heteroatoms. The summed E-state index contributed by atoms with van der Waals surface area (Å²) in [6.45, 7) is 13.3. The van der Waals surface area contributed by atoms with Gasteiger partial charge in [0.15, 0.2) is 0 Å². The highest BCUT2D eigenvalue weighted by Gasteiger charge is 2.62. The molecule has 0 radical (unpaired) electrons. The molecule has 0 atom stereocenters. The highest BCUT2D eigenvalue weighted by Crippen LogP contribution is 2.51. The molecular formula is C17H25ClN2O. The van der Waals surface area contributed by atoms with Crippen molar-refractivity contribution in [2.24, 2.45) is 10.8 Å². The molecule has 0 bridgehead atoms. The number of carbonyl (C=O) groups is 1. The number of nitrogens with one attached hydrogen (secondary N) is 1. The maximum Gasteiger partial charge on any atom is 0.248 e. The second-order valence-electron chi connectivity index (χ2n) is 7.78. The van der Waals surface area contributed by atoms with Gasteiger partial charge >= 0.3 is 0 Å². The van der Waals surface area contributed by atoms with Gasteiger partial charge in [-0.2, -0.15) is 0 Å². The van der Waals surface area contributed by atoms with Crippen LogP contribution in [0.5, 0.6) is 0 Å². The van der Waals surface area contributed by atoms with Crippen molar-refractivity contribution in [2.45, 2.75) is 47.1 Å². The molecule has 1 amide bonds. The molecule has 3 nitrogen and oxygen atoms in total. The zero-order valence-corrected chi connectivity index (χ0v) is 14.5. The Morgan fingerprint density at radius 2 is 1.52 bits per heavy atom. The van der Waals surface area contributed by atoms with Gasteiger partial charge in [0.05, 0.1) is 6.67 Å². The van der Waals surface area contributed by atoms with E-state index >= 15 is 0 Å². The lowest BCUT2D eigenvalue weighted by Crippen LogP contribution is -2.66. The summed E-state index contributed by atoms with van der Waals surface area (Å²) >= 11 is 6.00. The van der Waals surface area contributed by atoms with Crippen molar-refractivity contribution in [3.63, 3.8) is 0 Å². The number of hydrogen-bond donors (Lipinski definition) is 1. The third-order valence-corrected chi connectivity index (χ3v) is 4.69. The van der Waals surface area contributed by atoms with Crippen LogP contribution in [0.2, 0.25) is 5.02 Å². The molecule has 1 fully saturated rings. The van der Waals surface area contributed by atoms with E-state index < -0.39 is 5.54 Å². The molecular weight excluding hydrogens is 284 g/mol. The van der Waals surface area contributed by atoms with Gasteiger partial charge in [-0.25, -0.2) is 0 Å². The first-order chi connectivity index (χ1) is 9.51. The summed E-state index contributed by atoms with van der Waals surface area (Å²) in [7, 11) is 0. The van der Waals surface area contributed by atoms with Crippen LogP contribution in [0.3, 0.4) is 0 Å². The van der Waals surface area contributed by atoms with Gasteiger partial charge in [0.1, 0.15) is 5.54 Å². The summed E-state index contributed by atoms with van der Waals surface area (Å²) < 4.78 is 0. The Bertz CT molecular complexity index is 523. The van der Waals surface area contributed by atoms with Crippen LogP contribution in [0.1, 0.15) is 41.5 Å². The molecule has 1 heterocycles. The van der Waals surface area contributed by atoms with Gasteiger partial charge in [0.2, 0.25) is 5.91 Å². The molecule has 0 unspecified atom stereocenters. The molecule has 0 spiro atoms. The van der Waals surface area contributed by atoms with Crippen LogP contribution >= 0.6 is 11.6 Å². The maximum atomic E-state index is 12.9. The van der Waals surface area contributed by atoms with Crippen molar-refractivity contribution in [1.82, 2.24) is 5.32 Å². The molecule has 0 aromatic heterocycles. The fourth-order valence-corrected chi connectivity index (χ4v) is 4.17. The molecule has 2 rings (SSSR count). The third-order valence-electron chi connectivity index (χ3n) is 4.44. The second kappa shape index (κ2) is 4.91. The van der Waals surface area contributed by atoms with Gasteiger partial charge in [0.25, 0.3) is 0 Å². The van der Waals surface area contributed by atoms with E-state index in [1.54, 1.807) is 0 Å². The van der Waals surface area contributed by atoms with Crippen molar-refractivity contribution < 1.29 is 4.79 Å². The summed E-state index contributed by atoms with van der Waals surface area (Å²) in [5, 5.41) is 3.74. The summed E-state index contributed by atoms with van der Waals surface area (Å²) in [5.41, 5.74) is -0.0345. The predicted molar refractivity (Wildman–Crippen MR) is 88.6 cm³/mol. The molecule has 116 valence electrons. The maximum absolute atomic E-state index is 12.9. The number of amides is 1. The van der Waals surface area contributed by atoms with Crippen LogP contribution in [0.4, 0.5) is 5.69 Å². The Hall–Kier alpha value is -1.22.